The van der Waals surface area contributed by atoms with Crippen molar-refractivity contribution >= 4 is 39.3 Å². The van der Waals surface area contributed by atoms with E-state index in [1.807, 2.05) is 51.4 Å². The summed E-state index contributed by atoms with van der Waals surface area (Å²) < 4.78 is 14.1. The summed E-state index contributed by atoms with van der Waals surface area (Å²) >= 11 is 5.18. The third kappa shape index (κ3) is 4.77. The van der Waals surface area contributed by atoms with E-state index in [2.05, 4.69) is 43.5 Å². The molecule has 31 heavy (non-hydrogen) atoms. The number of benzene rings is 1. The van der Waals surface area contributed by atoms with Crippen LogP contribution in [0.5, 0.6) is 5.75 Å². The minimum absolute atomic E-state index is 0.0742. The molecule has 1 aliphatic rings. The van der Waals surface area contributed by atoms with E-state index < -0.39 is 11.7 Å². The molecule has 2 aromatic heterocycles. The van der Waals surface area contributed by atoms with Crippen molar-refractivity contribution in [1.29, 1.82) is 0 Å². The minimum Gasteiger partial charge on any atom is -0.493 e. The zero-order valence-corrected chi connectivity index (χ0v) is 20.6. The molecule has 0 saturated carbocycles. The fraction of sp³-hybridized carbons (Fsp3) is 0.409. The molecule has 0 spiro atoms. The van der Waals surface area contributed by atoms with Crippen molar-refractivity contribution in [3.05, 3.63) is 34.3 Å². The quantitative estimate of drug-likeness (QED) is 0.452. The van der Waals surface area contributed by atoms with E-state index in [-0.39, 0.29) is 12.0 Å². The van der Waals surface area contributed by atoms with Crippen LogP contribution in [-0.4, -0.2) is 33.1 Å². The Morgan fingerprint density at radius 2 is 2.10 bits per heavy atom. The van der Waals surface area contributed by atoms with Gasteiger partial charge < -0.3 is 9.47 Å². The molecule has 7 nitrogen and oxygen atoms in total. The number of rotatable bonds is 3. The lowest BCUT2D eigenvalue weighted by Gasteiger charge is -2.18. The van der Waals surface area contributed by atoms with E-state index in [0.29, 0.717) is 6.61 Å². The van der Waals surface area contributed by atoms with Crippen molar-refractivity contribution in [3.8, 4) is 26.9 Å². The van der Waals surface area contributed by atoms with Gasteiger partial charge in [-0.2, -0.15) is 4.98 Å². The van der Waals surface area contributed by atoms with E-state index in [0.717, 1.165) is 32.9 Å². The number of halogens is 1. The number of ether oxygens (including phenoxy) is 2. The molecule has 4 rings (SSSR count). The number of anilines is 1. The number of hydrogen-bond donors (Lipinski definition) is 1. The van der Waals surface area contributed by atoms with E-state index in [1.165, 1.54) is 10.4 Å². The molecule has 0 atom stereocenters. The Morgan fingerprint density at radius 1 is 1.32 bits per heavy atom. The van der Waals surface area contributed by atoms with E-state index >= 15 is 0 Å². The molecule has 0 aliphatic carbocycles. The minimum atomic E-state index is -0.594. The number of hydrogen-bond acceptors (Lipinski definition) is 6. The Bertz CT molecular complexity index is 1130. The van der Waals surface area contributed by atoms with Crippen molar-refractivity contribution in [3.63, 3.8) is 0 Å². The molecule has 9 heteroatoms. The summed E-state index contributed by atoms with van der Waals surface area (Å²) in [5.74, 6) is 1.83. The number of aromatic nitrogens is 3. The van der Waals surface area contributed by atoms with Crippen molar-refractivity contribution in [1.82, 2.24) is 14.8 Å². The Balaban J connectivity index is 1.71. The van der Waals surface area contributed by atoms with Crippen LogP contribution in [0.4, 0.5) is 10.7 Å². The highest BCUT2D eigenvalue weighted by Gasteiger charge is 2.24. The lowest BCUT2D eigenvalue weighted by atomic mass is 10.1. The van der Waals surface area contributed by atoms with Crippen LogP contribution in [0.3, 0.4) is 0 Å². The maximum atomic E-state index is 12.2. The van der Waals surface area contributed by atoms with Crippen LogP contribution in [0, 0.1) is 0 Å². The van der Waals surface area contributed by atoms with Crippen LogP contribution in [0.15, 0.2) is 28.7 Å². The molecule has 0 radical (unpaired) electrons. The van der Waals surface area contributed by atoms with Crippen LogP contribution in [0.25, 0.3) is 21.1 Å². The van der Waals surface area contributed by atoms with Crippen molar-refractivity contribution in [2.45, 2.75) is 52.7 Å². The number of fused-ring (bicyclic) bond motifs is 3. The smallest absolute Gasteiger partial charge is 0.414 e. The molecule has 1 amide bonds. The second-order valence-corrected chi connectivity index (χ2v) is 10.6. The first kappa shape index (κ1) is 21.8. The number of amides is 1. The van der Waals surface area contributed by atoms with Gasteiger partial charge in [0.2, 0.25) is 0 Å². The first-order valence-electron chi connectivity index (χ1n) is 10.1. The van der Waals surface area contributed by atoms with Gasteiger partial charge in [-0.25, -0.2) is 9.48 Å². The summed E-state index contributed by atoms with van der Waals surface area (Å²) in [6, 6.07) is 8.33. The predicted octanol–water partition coefficient (Wildman–Crippen LogP) is 6.30. The van der Waals surface area contributed by atoms with Gasteiger partial charge in [0.05, 0.1) is 11.5 Å². The summed E-state index contributed by atoms with van der Waals surface area (Å²) in [4.78, 5) is 19.0. The highest BCUT2D eigenvalue weighted by molar-refractivity contribution is 9.10. The summed E-state index contributed by atoms with van der Waals surface area (Å²) in [6.45, 7) is 10.1. The highest BCUT2D eigenvalue weighted by Crippen LogP contribution is 2.44. The standard InChI is InChI=1S/C22H25BrN4O3S/c1-12(2)27-19(24-20(26-27)25-21(28)30-22(3,4)5)17-10-13-8-9-29-16-11-14(23)6-7-15(16)18(13)31-17/h6-7,10-12H,8-9H2,1-5H3,(H,25,26,28). The molecule has 1 aromatic carbocycles. The van der Waals surface area contributed by atoms with Gasteiger partial charge in [-0.05, 0) is 64.4 Å². The molecular formula is C22H25BrN4O3S. The normalized spacial score (nSPS) is 13.3. The van der Waals surface area contributed by atoms with E-state index in [9.17, 15) is 4.79 Å². The van der Waals surface area contributed by atoms with Crippen LogP contribution in [0.2, 0.25) is 0 Å². The first-order chi connectivity index (χ1) is 14.6. The molecule has 0 unspecified atom stereocenters. The SMILES string of the molecule is CC(C)n1nc(NC(=O)OC(C)(C)C)nc1-c1cc2c(s1)-c1ccc(Br)cc1OCC2. The van der Waals surface area contributed by atoms with Gasteiger partial charge >= 0.3 is 6.09 Å². The summed E-state index contributed by atoms with van der Waals surface area (Å²) in [7, 11) is 0. The molecule has 0 saturated heterocycles. The Kier molecular flexibility index (Phi) is 5.83. The van der Waals surface area contributed by atoms with Crippen LogP contribution in [-0.2, 0) is 11.2 Å². The first-order valence-corrected chi connectivity index (χ1v) is 11.7. The largest absolute Gasteiger partial charge is 0.493 e. The van der Waals surface area contributed by atoms with E-state index in [1.54, 1.807) is 11.3 Å². The van der Waals surface area contributed by atoms with Gasteiger partial charge in [-0.1, -0.05) is 15.9 Å². The van der Waals surface area contributed by atoms with E-state index in [4.69, 9.17) is 9.47 Å². The Morgan fingerprint density at radius 3 is 2.81 bits per heavy atom. The summed E-state index contributed by atoms with van der Waals surface area (Å²) in [5, 5.41) is 7.16. The average Bonchev–Trinajstić information content (AvgIpc) is 3.21. The lowest BCUT2D eigenvalue weighted by molar-refractivity contribution is 0.0634. The molecular weight excluding hydrogens is 480 g/mol. The van der Waals surface area contributed by atoms with Gasteiger partial charge in [-0.3, -0.25) is 5.32 Å². The molecule has 3 aromatic rings. The van der Waals surface area contributed by atoms with Gasteiger partial charge in [0.25, 0.3) is 5.95 Å². The zero-order chi connectivity index (χ0) is 22.3. The molecule has 1 N–H and O–H groups in total. The second kappa shape index (κ2) is 8.27. The van der Waals surface area contributed by atoms with Crippen molar-refractivity contribution in [2.75, 3.05) is 11.9 Å². The average molecular weight is 505 g/mol. The third-order valence-electron chi connectivity index (χ3n) is 4.58. The van der Waals surface area contributed by atoms with Gasteiger partial charge in [0.15, 0.2) is 5.82 Å². The molecule has 0 bridgehead atoms. The summed E-state index contributed by atoms with van der Waals surface area (Å²) in [6.07, 6.45) is 0.246. The lowest BCUT2D eigenvalue weighted by Crippen LogP contribution is -2.27. The third-order valence-corrected chi connectivity index (χ3v) is 6.28. The maximum absolute atomic E-state index is 12.2. The zero-order valence-electron chi connectivity index (χ0n) is 18.2. The monoisotopic (exact) mass is 504 g/mol. The molecule has 1 aliphatic heterocycles. The van der Waals surface area contributed by atoms with Crippen molar-refractivity contribution in [2.24, 2.45) is 0 Å². The molecule has 0 fully saturated rings. The fourth-order valence-corrected chi connectivity index (χ4v) is 4.89. The number of thiophene rings is 1. The number of nitrogens with zero attached hydrogens (tertiary/aromatic N) is 3. The molecule has 3 heterocycles. The fourth-order valence-electron chi connectivity index (χ4n) is 3.33. The van der Waals surface area contributed by atoms with Gasteiger partial charge in [0.1, 0.15) is 11.4 Å². The maximum Gasteiger partial charge on any atom is 0.414 e. The Hall–Kier alpha value is -2.39. The van der Waals surface area contributed by atoms with Crippen molar-refractivity contribution < 1.29 is 14.3 Å². The predicted molar refractivity (Wildman–Crippen MR) is 126 cm³/mol. The number of carbonyl (C=O) groups is 1. The topological polar surface area (TPSA) is 78.3 Å². The number of nitrogens with one attached hydrogen (secondary N) is 1. The van der Waals surface area contributed by atoms with Gasteiger partial charge in [-0.15, -0.1) is 16.4 Å². The van der Waals surface area contributed by atoms with Crippen LogP contribution >= 0.6 is 27.3 Å². The van der Waals surface area contributed by atoms with Crippen LogP contribution in [0.1, 0.15) is 46.2 Å². The van der Waals surface area contributed by atoms with Crippen LogP contribution < -0.4 is 10.1 Å². The molecule has 164 valence electrons. The second-order valence-electron chi connectivity index (χ2n) is 8.63. The number of carbonyl (C=O) groups excluding carboxylic acids is 1. The van der Waals surface area contributed by atoms with Gasteiger partial charge in [0, 0.05) is 27.4 Å². The highest BCUT2D eigenvalue weighted by atomic mass is 79.9. The summed E-state index contributed by atoms with van der Waals surface area (Å²) in [5.41, 5.74) is 1.71. The Labute approximate surface area is 193 Å².